The van der Waals surface area contributed by atoms with Crippen molar-refractivity contribution in [2.24, 2.45) is 11.1 Å². The molecule has 1 amide bonds. The average Bonchev–Trinajstić information content (AvgIpc) is 2.30. The van der Waals surface area contributed by atoms with Gasteiger partial charge in [0.25, 0.3) is 0 Å². The van der Waals surface area contributed by atoms with Gasteiger partial charge in [-0.2, -0.15) is 0 Å². The highest BCUT2D eigenvalue weighted by Crippen LogP contribution is 2.41. The molecule has 1 fully saturated rings. The standard InChI is InChI=1S/C13H14BrF3N2O2/c14-9-6-8(2-3-10(9)21-13(15,16)17)19-11(20)12(7-18)4-1-5-12/h2-3,6H,1,4-5,7,18H2,(H,19,20). The highest BCUT2D eigenvalue weighted by Gasteiger charge is 2.42. The first-order valence-electron chi connectivity index (χ1n) is 6.33. The maximum atomic E-state index is 12.2. The molecular weight excluding hydrogens is 353 g/mol. The maximum absolute atomic E-state index is 12.2. The van der Waals surface area contributed by atoms with Crippen molar-refractivity contribution in [3.63, 3.8) is 0 Å². The zero-order chi connectivity index (χ0) is 15.7. The second-order valence-corrected chi connectivity index (χ2v) is 5.84. The summed E-state index contributed by atoms with van der Waals surface area (Å²) in [7, 11) is 0. The van der Waals surface area contributed by atoms with Crippen LogP contribution in [-0.2, 0) is 4.79 Å². The largest absolute Gasteiger partial charge is 0.573 e. The lowest BCUT2D eigenvalue weighted by molar-refractivity contribution is -0.274. The van der Waals surface area contributed by atoms with Gasteiger partial charge < -0.3 is 15.8 Å². The molecule has 0 radical (unpaired) electrons. The number of nitrogens with one attached hydrogen (secondary N) is 1. The lowest BCUT2D eigenvalue weighted by atomic mass is 9.68. The van der Waals surface area contributed by atoms with Crippen LogP contribution in [0.1, 0.15) is 19.3 Å². The monoisotopic (exact) mass is 366 g/mol. The van der Waals surface area contributed by atoms with Crippen LogP contribution in [0.3, 0.4) is 0 Å². The number of nitrogens with two attached hydrogens (primary N) is 1. The van der Waals surface area contributed by atoms with Crippen LogP contribution in [0.5, 0.6) is 5.75 Å². The molecule has 1 aliphatic carbocycles. The van der Waals surface area contributed by atoms with Crippen LogP contribution in [0.25, 0.3) is 0 Å². The summed E-state index contributed by atoms with van der Waals surface area (Å²) in [5, 5.41) is 2.68. The second kappa shape index (κ2) is 5.84. The molecule has 1 saturated carbocycles. The van der Waals surface area contributed by atoms with Crippen molar-refractivity contribution < 1.29 is 22.7 Å². The van der Waals surface area contributed by atoms with Gasteiger partial charge in [0.2, 0.25) is 5.91 Å². The fourth-order valence-corrected chi connectivity index (χ4v) is 2.64. The molecule has 0 saturated heterocycles. The smallest absolute Gasteiger partial charge is 0.405 e. The van der Waals surface area contributed by atoms with Gasteiger partial charge in [0.15, 0.2) is 0 Å². The van der Waals surface area contributed by atoms with Crippen LogP contribution < -0.4 is 15.8 Å². The summed E-state index contributed by atoms with van der Waals surface area (Å²) >= 11 is 2.99. The van der Waals surface area contributed by atoms with Gasteiger partial charge in [-0.3, -0.25) is 4.79 Å². The fourth-order valence-electron chi connectivity index (χ4n) is 2.18. The highest BCUT2D eigenvalue weighted by atomic mass is 79.9. The van der Waals surface area contributed by atoms with Gasteiger partial charge in [-0.15, -0.1) is 13.2 Å². The van der Waals surface area contributed by atoms with Gasteiger partial charge in [-0.1, -0.05) is 6.42 Å². The van der Waals surface area contributed by atoms with E-state index in [1.807, 2.05) is 0 Å². The predicted molar refractivity (Wildman–Crippen MR) is 74.8 cm³/mol. The number of ether oxygens (including phenoxy) is 1. The second-order valence-electron chi connectivity index (χ2n) is 4.99. The summed E-state index contributed by atoms with van der Waals surface area (Å²) in [4.78, 5) is 12.2. The van der Waals surface area contributed by atoms with E-state index < -0.39 is 11.8 Å². The summed E-state index contributed by atoms with van der Waals surface area (Å²) in [6.45, 7) is 0.259. The van der Waals surface area contributed by atoms with E-state index in [1.165, 1.54) is 12.1 Å². The Morgan fingerprint density at radius 3 is 2.52 bits per heavy atom. The zero-order valence-corrected chi connectivity index (χ0v) is 12.6. The minimum atomic E-state index is -4.76. The summed E-state index contributed by atoms with van der Waals surface area (Å²) in [6, 6.07) is 3.86. The Morgan fingerprint density at radius 1 is 1.43 bits per heavy atom. The molecule has 2 rings (SSSR count). The van der Waals surface area contributed by atoms with Gasteiger partial charge in [-0.25, -0.2) is 0 Å². The summed E-state index contributed by atoms with van der Waals surface area (Å²) in [5.41, 5.74) is 5.47. The van der Waals surface area contributed by atoms with Crippen molar-refractivity contribution in [2.45, 2.75) is 25.6 Å². The Bertz CT molecular complexity index is 539. The van der Waals surface area contributed by atoms with Crippen molar-refractivity contribution in [3.8, 4) is 5.75 Å². The molecule has 1 aliphatic rings. The number of alkyl halides is 3. The van der Waals surface area contributed by atoms with Crippen molar-refractivity contribution in [1.29, 1.82) is 0 Å². The molecule has 1 aromatic carbocycles. The van der Waals surface area contributed by atoms with Crippen LogP contribution >= 0.6 is 15.9 Å². The molecule has 1 aromatic rings. The minimum absolute atomic E-state index is 0.105. The normalized spacial score (nSPS) is 17.0. The first-order valence-corrected chi connectivity index (χ1v) is 7.12. The topological polar surface area (TPSA) is 64.4 Å². The third-order valence-corrected chi connectivity index (χ3v) is 4.22. The third-order valence-electron chi connectivity index (χ3n) is 3.60. The molecule has 0 aliphatic heterocycles. The number of hydrogen-bond donors (Lipinski definition) is 2. The van der Waals surface area contributed by atoms with Gasteiger partial charge >= 0.3 is 6.36 Å². The van der Waals surface area contributed by atoms with Crippen molar-refractivity contribution in [2.75, 3.05) is 11.9 Å². The van der Waals surface area contributed by atoms with E-state index in [9.17, 15) is 18.0 Å². The van der Waals surface area contributed by atoms with Gasteiger partial charge in [0.1, 0.15) is 5.75 Å². The van der Waals surface area contributed by atoms with E-state index in [1.54, 1.807) is 0 Å². The van der Waals surface area contributed by atoms with Gasteiger partial charge in [0.05, 0.1) is 9.89 Å². The van der Waals surface area contributed by atoms with Crippen LogP contribution in [0.15, 0.2) is 22.7 Å². The molecule has 0 unspecified atom stereocenters. The van der Waals surface area contributed by atoms with Gasteiger partial charge in [-0.05, 0) is 47.0 Å². The van der Waals surface area contributed by atoms with Crippen molar-refractivity contribution in [1.82, 2.24) is 0 Å². The SMILES string of the molecule is NCC1(C(=O)Nc2ccc(OC(F)(F)F)c(Br)c2)CCC1. The van der Waals surface area contributed by atoms with E-state index in [0.717, 1.165) is 25.3 Å². The first kappa shape index (κ1) is 16.1. The number of rotatable bonds is 4. The average molecular weight is 367 g/mol. The number of amides is 1. The van der Waals surface area contributed by atoms with E-state index in [-0.39, 0.29) is 22.7 Å². The minimum Gasteiger partial charge on any atom is -0.405 e. The summed E-state index contributed by atoms with van der Waals surface area (Å²) < 4.78 is 40.4. The van der Waals surface area contributed by atoms with E-state index in [0.29, 0.717) is 5.69 Å². The van der Waals surface area contributed by atoms with Crippen LogP contribution in [0, 0.1) is 5.41 Å². The Labute approximate surface area is 128 Å². The van der Waals surface area contributed by atoms with Crippen molar-refractivity contribution in [3.05, 3.63) is 22.7 Å². The number of halogens is 4. The first-order chi connectivity index (χ1) is 9.76. The van der Waals surface area contributed by atoms with Gasteiger partial charge in [0, 0.05) is 12.2 Å². The molecule has 0 heterocycles. The highest BCUT2D eigenvalue weighted by molar-refractivity contribution is 9.10. The fraction of sp³-hybridized carbons (Fsp3) is 0.462. The Morgan fingerprint density at radius 2 is 2.10 bits per heavy atom. The summed E-state index contributed by atoms with van der Waals surface area (Å²) in [5.74, 6) is -0.565. The lowest BCUT2D eigenvalue weighted by Crippen LogP contribution is -2.47. The predicted octanol–water partition coefficient (Wildman–Crippen LogP) is 3.42. The molecule has 0 bridgehead atoms. The number of benzene rings is 1. The van der Waals surface area contributed by atoms with Crippen LogP contribution in [0.4, 0.5) is 18.9 Å². The Kier molecular flexibility index (Phi) is 4.48. The number of hydrogen-bond acceptors (Lipinski definition) is 3. The molecule has 4 nitrogen and oxygen atoms in total. The zero-order valence-electron chi connectivity index (χ0n) is 11.0. The molecule has 116 valence electrons. The van der Waals surface area contributed by atoms with Crippen LogP contribution in [0.2, 0.25) is 0 Å². The molecule has 0 spiro atoms. The lowest BCUT2D eigenvalue weighted by Gasteiger charge is -2.39. The van der Waals surface area contributed by atoms with Crippen LogP contribution in [-0.4, -0.2) is 18.8 Å². The number of anilines is 1. The molecule has 0 aromatic heterocycles. The quantitative estimate of drug-likeness (QED) is 0.857. The van der Waals surface area contributed by atoms with E-state index in [2.05, 4.69) is 26.0 Å². The number of carbonyl (C=O) groups excluding carboxylic acids is 1. The van der Waals surface area contributed by atoms with E-state index in [4.69, 9.17) is 5.73 Å². The Balaban J connectivity index is 2.08. The third kappa shape index (κ3) is 3.68. The molecular formula is C13H14BrF3N2O2. The molecule has 3 N–H and O–H groups in total. The molecule has 0 atom stereocenters. The Hall–Kier alpha value is -1.28. The summed E-state index contributed by atoms with van der Waals surface area (Å²) in [6.07, 6.45) is -2.35. The van der Waals surface area contributed by atoms with E-state index >= 15 is 0 Å². The maximum Gasteiger partial charge on any atom is 0.573 e. The molecule has 8 heteroatoms. The number of carbonyl (C=O) groups is 1. The molecule has 21 heavy (non-hydrogen) atoms. The van der Waals surface area contributed by atoms with Crippen molar-refractivity contribution >= 4 is 27.5 Å².